The van der Waals surface area contributed by atoms with Crippen molar-refractivity contribution in [3.8, 4) is 0 Å². The zero-order valence-corrected chi connectivity index (χ0v) is 11.9. The molecule has 0 aliphatic heterocycles. The molecule has 0 aromatic carbocycles. The van der Waals surface area contributed by atoms with Gasteiger partial charge in [0.1, 0.15) is 0 Å². The van der Waals surface area contributed by atoms with E-state index < -0.39 is 5.60 Å². The molecule has 1 aliphatic carbocycles. The summed E-state index contributed by atoms with van der Waals surface area (Å²) in [6, 6.07) is 1.93. The second-order valence-electron chi connectivity index (χ2n) is 5.48. The molecule has 0 atom stereocenters. The fourth-order valence-corrected chi connectivity index (χ4v) is 3.47. The third kappa shape index (κ3) is 3.46. The van der Waals surface area contributed by atoms with Crippen molar-refractivity contribution in [3.63, 3.8) is 0 Å². The molecular formula is C14H24N2OS. The molecule has 4 heteroatoms. The number of hydrogen-bond donors (Lipinski definition) is 3. The van der Waals surface area contributed by atoms with Gasteiger partial charge in [-0.05, 0) is 43.0 Å². The van der Waals surface area contributed by atoms with Gasteiger partial charge in [0.15, 0.2) is 0 Å². The Hall–Kier alpha value is -0.580. The van der Waals surface area contributed by atoms with Gasteiger partial charge in [-0.1, -0.05) is 13.3 Å². The van der Waals surface area contributed by atoms with E-state index in [0.717, 1.165) is 43.8 Å². The summed E-state index contributed by atoms with van der Waals surface area (Å²) in [4.78, 5) is 1.17. The van der Waals surface area contributed by atoms with Crippen LogP contribution in [0.25, 0.3) is 0 Å². The Kier molecular flexibility index (Phi) is 4.65. The van der Waals surface area contributed by atoms with Crippen molar-refractivity contribution in [1.29, 1.82) is 0 Å². The van der Waals surface area contributed by atoms with Gasteiger partial charge < -0.3 is 16.2 Å². The highest BCUT2D eigenvalue weighted by Gasteiger charge is 2.32. The minimum atomic E-state index is -0.502. The first-order chi connectivity index (χ1) is 8.63. The number of hydrogen-bond acceptors (Lipinski definition) is 4. The Morgan fingerprint density at radius 2 is 2.22 bits per heavy atom. The lowest BCUT2D eigenvalue weighted by atomic mass is 9.78. The number of rotatable bonds is 5. The predicted octanol–water partition coefficient (Wildman–Crippen LogP) is 2.75. The van der Waals surface area contributed by atoms with E-state index >= 15 is 0 Å². The third-order valence-corrected chi connectivity index (χ3v) is 5.07. The van der Waals surface area contributed by atoms with Gasteiger partial charge in [0.2, 0.25) is 0 Å². The first-order valence-corrected chi connectivity index (χ1v) is 7.76. The van der Waals surface area contributed by atoms with Crippen molar-refractivity contribution in [2.24, 2.45) is 5.92 Å². The van der Waals surface area contributed by atoms with Crippen molar-refractivity contribution < 1.29 is 5.11 Å². The summed E-state index contributed by atoms with van der Waals surface area (Å²) in [5.74, 6) is 0.818. The first-order valence-electron chi connectivity index (χ1n) is 6.88. The van der Waals surface area contributed by atoms with Crippen molar-refractivity contribution in [2.75, 3.05) is 12.3 Å². The second kappa shape index (κ2) is 6.04. The minimum Gasteiger partial charge on any atom is -0.398 e. The standard InChI is InChI=1S/C14H24N2OS/c1-2-11-3-6-14(17,7-4-11)10-16-9-13-12(15)5-8-18-13/h5,8,11,16-17H,2-4,6-7,9-10,15H2,1H3. The molecule has 1 aromatic rings. The molecule has 0 unspecified atom stereocenters. The molecule has 1 fully saturated rings. The predicted molar refractivity (Wildman–Crippen MR) is 77.6 cm³/mol. The van der Waals surface area contributed by atoms with Crippen LogP contribution in [0.3, 0.4) is 0 Å². The van der Waals surface area contributed by atoms with E-state index in [0.29, 0.717) is 6.54 Å². The maximum Gasteiger partial charge on any atom is 0.0771 e. The highest BCUT2D eigenvalue weighted by molar-refractivity contribution is 7.10. The summed E-state index contributed by atoms with van der Waals surface area (Å²) in [5.41, 5.74) is 6.19. The van der Waals surface area contributed by atoms with Crippen LogP contribution in [0.1, 0.15) is 43.9 Å². The van der Waals surface area contributed by atoms with Gasteiger partial charge >= 0.3 is 0 Å². The molecule has 0 saturated heterocycles. The summed E-state index contributed by atoms with van der Waals surface area (Å²) < 4.78 is 0. The third-order valence-electron chi connectivity index (χ3n) is 4.13. The molecule has 2 rings (SSSR count). The number of nitrogens with one attached hydrogen (secondary N) is 1. The smallest absolute Gasteiger partial charge is 0.0771 e. The van der Waals surface area contributed by atoms with E-state index in [4.69, 9.17) is 5.73 Å². The van der Waals surface area contributed by atoms with E-state index in [1.54, 1.807) is 11.3 Å². The lowest BCUT2D eigenvalue weighted by Gasteiger charge is -2.36. The molecule has 1 saturated carbocycles. The lowest BCUT2D eigenvalue weighted by Crippen LogP contribution is -2.43. The van der Waals surface area contributed by atoms with Crippen LogP contribution in [-0.4, -0.2) is 17.3 Å². The van der Waals surface area contributed by atoms with Gasteiger partial charge in [-0.25, -0.2) is 0 Å². The van der Waals surface area contributed by atoms with Crippen LogP contribution >= 0.6 is 11.3 Å². The Balaban J connectivity index is 1.75. The number of aliphatic hydroxyl groups is 1. The monoisotopic (exact) mass is 268 g/mol. The summed E-state index contributed by atoms with van der Waals surface area (Å²) in [6.45, 7) is 3.69. The molecule has 0 radical (unpaired) electrons. The molecule has 18 heavy (non-hydrogen) atoms. The largest absolute Gasteiger partial charge is 0.398 e. The quantitative estimate of drug-likeness (QED) is 0.769. The van der Waals surface area contributed by atoms with E-state index in [-0.39, 0.29) is 0 Å². The SMILES string of the molecule is CCC1CCC(O)(CNCc2sccc2N)CC1. The highest BCUT2D eigenvalue weighted by atomic mass is 32.1. The highest BCUT2D eigenvalue weighted by Crippen LogP contribution is 2.33. The van der Waals surface area contributed by atoms with Crippen molar-refractivity contribution in [3.05, 3.63) is 16.3 Å². The Labute approximate surface area is 113 Å². The molecule has 102 valence electrons. The van der Waals surface area contributed by atoms with Crippen LogP contribution < -0.4 is 11.1 Å². The van der Waals surface area contributed by atoms with Crippen LogP contribution in [0, 0.1) is 5.92 Å². The fraction of sp³-hybridized carbons (Fsp3) is 0.714. The summed E-state index contributed by atoms with van der Waals surface area (Å²) in [7, 11) is 0. The van der Waals surface area contributed by atoms with E-state index in [1.165, 1.54) is 11.3 Å². The first kappa shape index (κ1) is 13.8. The Morgan fingerprint density at radius 3 is 2.78 bits per heavy atom. The van der Waals surface area contributed by atoms with Gasteiger partial charge in [0.25, 0.3) is 0 Å². The average molecular weight is 268 g/mol. The summed E-state index contributed by atoms with van der Waals surface area (Å²) in [6.07, 6.45) is 5.43. The Bertz CT molecular complexity index is 370. The van der Waals surface area contributed by atoms with Gasteiger partial charge in [-0.2, -0.15) is 0 Å². The van der Waals surface area contributed by atoms with Crippen molar-refractivity contribution >= 4 is 17.0 Å². The van der Waals surface area contributed by atoms with E-state index in [2.05, 4.69) is 12.2 Å². The van der Waals surface area contributed by atoms with Gasteiger partial charge in [-0.3, -0.25) is 0 Å². The van der Waals surface area contributed by atoms with Crippen LogP contribution in [0.5, 0.6) is 0 Å². The molecule has 0 bridgehead atoms. The lowest BCUT2D eigenvalue weighted by molar-refractivity contribution is -0.00876. The zero-order chi connectivity index (χ0) is 13.0. The molecule has 0 spiro atoms. The molecule has 1 aliphatic rings. The van der Waals surface area contributed by atoms with Crippen LogP contribution in [0.15, 0.2) is 11.4 Å². The average Bonchev–Trinajstić information content (AvgIpc) is 2.76. The summed E-state index contributed by atoms with van der Waals surface area (Å²) >= 11 is 1.67. The van der Waals surface area contributed by atoms with Gasteiger partial charge in [-0.15, -0.1) is 11.3 Å². The maximum absolute atomic E-state index is 10.5. The van der Waals surface area contributed by atoms with Crippen LogP contribution in [0.4, 0.5) is 5.69 Å². The van der Waals surface area contributed by atoms with E-state index in [1.807, 2.05) is 11.4 Å². The molecule has 1 aromatic heterocycles. The molecule has 0 amide bonds. The fourth-order valence-electron chi connectivity index (χ4n) is 2.70. The molecule has 4 N–H and O–H groups in total. The number of anilines is 1. The van der Waals surface area contributed by atoms with Crippen LogP contribution in [0.2, 0.25) is 0 Å². The normalized spacial score (nSPS) is 28.4. The zero-order valence-electron chi connectivity index (χ0n) is 11.1. The van der Waals surface area contributed by atoms with Gasteiger partial charge in [0.05, 0.1) is 5.60 Å². The topological polar surface area (TPSA) is 58.3 Å². The van der Waals surface area contributed by atoms with Crippen molar-refractivity contribution in [2.45, 2.75) is 51.2 Å². The molecule has 1 heterocycles. The second-order valence-corrected chi connectivity index (χ2v) is 6.48. The minimum absolute atomic E-state index is 0.502. The van der Waals surface area contributed by atoms with E-state index in [9.17, 15) is 5.11 Å². The number of nitrogens with two attached hydrogens (primary N) is 1. The number of thiophene rings is 1. The number of nitrogen functional groups attached to an aromatic ring is 1. The van der Waals surface area contributed by atoms with Gasteiger partial charge in [0, 0.05) is 23.7 Å². The maximum atomic E-state index is 10.5. The van der Waals surface area contributed by atoms with Crippen molar-refractivity contribution in [1.82, 2.24) is 5.32 Å². The molecular weight excluding hydrogens is 244 g/mol. The van der Waals surface area contributed by atoms with Crippen LogP contribution in [-0.2, 0) is 6.54 Å². The Morgan fingerprint density at radius 1 is 1.50 bits per heavy atom. The molecule has 3 nitrogen and oxygen atoms in total. The summed E-state index contributed by atoms with van der Waals surface area (Å²) in [5, 5.41) is 15.9.